The Kier molecular flexibility index (Phi) is 8.53. The van der Waals surface area contributed by atoms with E-state index < -0.39 is 48.6 Å². The predicted octanol–water partition coefficient (Wildman–Crippen LogP) is 4.12. The van der Waals surface area contributed by atoms with Crippen LogP contribution in [0.1, 0.15) is 20.3 Å². The largest absolute Gasteiger partial charge is 0.451 e. The average molecular weight is 531 g/mol. The van der Waals surface area contributed by atoms with Crippen LogP contribution >= 0.6 is 0 Å². The molecule has 0 fully saturated rings. The lowest BCUT2D eigenvalue weighted by Gasteiger charge is -2.17. The third-order valence-corrected chi connectivity index (χ3v) is 5.82. The first kappa shape index (κ1) is 27.3. The summed E-state index contributed by atoms with van der Waals surface area (Å²) in [6.07, 6.45) is -5.40. The van der Waals surface area contributed by atoms with E-state index in [2.05, 4.69) is 0 Å². The van der Waals surface area contributed by atoms with Crippen LogP contribution in [-0.4, -0.2) is 47.3 Å². The maximum atomic E-state index is 12.5. The van der Waals surface area contributed by atoms with Crippen LogP contribution in [0, 0.1) is 0 Å². The van der Waals surface area contributed by atoms with Gasteiger partial charge in [-0.3, -0.25) is 4.79 Å². The van der Waals surface area contributed by atoms with E-state index in [1.165, 1.54) is 13.8 Å². The minimum Gasteiger partial charge on any atom is -0.451 e. The van der Waals surface area contributed by atoms with E-state index in [1.54, 1.807) is 48.5 Å². The van der Waals surface area contributed by atoms with Crippen molar-refractivity contribution in [2.24, 2.45) is 0 Å². The van der Waals surface area contributed by atoms with Crippen LogP contribution in [0.4, 0.5) is 0 Å². The number of carbonyl (C=O) groups is 4. The fraction of sp³-hybridized carbons (Fsp3) is 0.200. The Bertz CT molecular complexity index is 1520. The van der Waals surface area contributed by atoms with Crippen molar-refractivity contribution in [3.8, 4) is 11.5 Å². The van der Waals surface area contributed by atoms with E-state index in [4.69, 9.17) is 18.9 Å². The van der Waals surface area contributed by atoms with Crippen molar-refractivity contribution in [2.45, 2.75) is 38.6 Å². The fourth-order valence-electron chi connectivity index (χ4n) is 3.79. The van der Waals surface area contributed by atoms with Gasteiger partial charge in [0.05, 0.1) is 6.42 Å². The van der Waals surface area contributed by atoms with E-state index in [0.717, 1.165) is 10.8 Å². The molecule has 0 aromatic heterocycles. The Balaban J connectivity index is 1.26. The number of ether oxygens (including phenoxy) is 4. The zero-order valence-corrected chi connectivity index (χ0v) is 21.2. The highest BCUT2D eigenvalue weighted by Gasteiger charge is 2.29. The summed E-state index contributed by atoms with van der Waals surface area (Å²) in [6, 6.07) is 25.0. The second-order valence-electron chi connectivity index (χ2n) is 8.73. The van der Waals surface area contributed by atoms with Crippen LogP contribution in [0.5, 0.6) is 11.5 Å². The molecule has 0 radical (unpaired) electrons. The van der Waals surface area contributed by atoms with E-state index >= 15 is 0 Å². The fourth-order valence-corrected chi connectivity index (χ4v) is 3.79. The molecule has 0 saturated heterocycles. The molecule has 9 heteroatoms. The number of fused-ring (bicyclic) bond motifs is 2. The highest BCUT2D eigenvalue weighted by Crippen LogP contribution is 2.27. The third-order valence-electron chi connectivity index (χ3n) is 5.82. The zero-order chi connectivity index (χ0) is 27.9. The van der Waals surface area contributed by atoms with Crippen molar-refractivity contribution >= 4 is 45.4 Å². The highest BCUT2D eigenvalue weighted by molar-refractivity contribution is 5.93. The van der Waals surface area contributed by atoms with Gasteiger partial charge in [0.15, 0.2) is 18.3 Å². The van der Waals surface area contributed by atoms with Gasteiger partial charge in [-0.05, 0) is 36.8 Å². The Morgan fingerprint density at radius 1 is 0.615 bits per heavy atom. The van der Waals surface area contributed by atoms with E-state index in [0.29, 0.717) is 16.5 Å². The third kappa shape index (κ3) is 6.77. The van der Waals surface area contributed by atoms with E-state index in [-0.39, 0.29) is 5.75 Å². The number of rotatable bonds is 9. The highest BCUT2D eigenvalue weighted by atomic mass is 16.6. The van der Waals surface area contributed by atoms with Crippen LogP contribution in [0.25, 0.3) is 21.5 Å². The molecule has 4 aromatic rings. The SMILES string of the molecule is CC(OC(=O)CC(O)C(=O)OC(C)C(=O)Oc1cccc2ccccc12)C(=O)Oc1cccc2ccccc12. The number of carbonyl (C=O) groups excluding carboxylic acids is 4. The Morgan fingerprint density at radius 3 is 1.56 bits per heavy atom. The van der Waals surface area contributed by atoms with Gasteiger partial charge < -0.3 is 24.1 Å². The number of aliphatic hydroxyl groups is 1. The number of hydrogen-bond donors (Lipinski definition) is 1. The monoisotopic (exact) mass is 530 g/mol. The van der Waals surface area contributed by atoms with Gasteiger partial charge in [-0.25, -0.2) is 14.4 Å². The van der Waals surface area contributed by atoms with Crippen LogP contribution < -0.4 is 9.47 Å². The molecule has 0 saturated carbocycles. The first-order valence-corrected chi connectivity index (χ1v) is 12.2. The van der Waals surface area contributed by atoms with Crippen molar-refractivity contribution in [3.63, 3.8) is 0 Å². The van der Waals surface area contributed by atoms with Gasteiger partial charge in [0.1, 0.15) is 11.5 Å². The standard InChI is InChI=1S/C30H26O9/c1-18(28(33)38-25-15-7-11-20-9-3-5-13-22(20)25)36-27(32)17-24(31)30(35)37-19(2)29(34)39-26-16-8-12-21-10-4-6-14-23(21)26/h3-16,18-19,24,31H,17H2,1-2H3. The lowest BCUT2D eigenvalue weighted by atomic mass is 10.1. The molecule has 0 bridgehead atoms. The molecule has 0 aliphatic heterocycles. The van der Waals surface area contributed by atoms with Crippen LogP contribution in [-0.2, 0) is 28.7 Å². The Morgan fingerprint density at radius 2 is 1.05 bits per heavy atom. The molecule has 0 spiro atoms. The summed E-state index contributed by atoms with van der Waals surface area (Å²) in [5, 5.41) is 13.2. The summed E-state index contributed by atoms with van der Waals surface area (Å²) in [5.41, 5.74) is 0. The molecular formula is C30H26O9. The summed E-state index contributed by atoms with van der Waals surface area (Å²) in [4.78, 5) is 49.4. The maximum absolute atomic E-state index is 12.5. The van der Waals surface area contributed by atoms with Crippen molar-refractivity contribution in [2.75, 3.05) is 0 Å². The molecule has 4 rings (SSSR count). The minimum atomic E-state index is -1.92. The van der Waals surface area contributed by atoms with Crippen LogP contribution in [0.15, 0.2) is 84.9 Å². The van der Waals surface area contributed by atoms with Gasteiger partial charge in [-0.1, -0.05) is 72.8 Å². The van der Waals surface area contributed by atoms with Gasteiger partial charge in [0, 0.05) is 10.8 Å². The summed E-state index contributed by atoms with van der Waals surface area (Å²) in [7, 11) is 0. The van der Waals surface area contributed by atoms with Gasteiger partial charge in [-0.15, -0.1) is 0 Å². The molecule has 0 heterocycles. The maximum Gasteiger partial charge on any atom is 0.352 e. The van der Waals surface area contributed by atoms with Crippen LogP contribution in [0.2, 0.25) is 0 Å². The molecule has 4 aromatic carbocycles. The first-order chi connectivity index (χ1) is 18.7. The molecule has 39 heavy (non-hydrogen) atoms. The molecule has 0 aliphatic rings. The molecule has 0 amide bonds. The van der Waals surface area contributed by atoms with Gasteiger partial charge >= 0.3 is 23.9 Å². The van der Waals surface area contributed by atoms with Crippen molar-refractivity contribution < 1.29 is 43.2 Å². The van der Waals surface area contributed by atoms with Gasteiger partial charge in [0.2, 0.25) is 0 Å². The van der Waals surface area contributed by atoms with Gasteiger partial charge in [-0.2, -0.15) is 0 Å². The lowest BCUT2D eigenvalue weighted by Crippen LogP contribution is -2.35. The summed E-state index contributed by atoms with van der Waals surface area (Å²) in [5.74, 6) is -3.36. The summed E-state index contributed by atoms with van der Waals surface area (Å²) < 4.78 is 20.7. The second kappa shape index (κ2) is 12.2. The smallest absolute Gasteiger partial charge is 0.352 e. The van der Waals surface area contributed by atoms with Crippen molar-refractivity contribution in [1.29, 1.82) is 0 Å². The quantitative estimate of drug-likeness (QED) is 0.251. The molecular weight excluding hydrogens is 504 g/mol. The lowest BCUT2D eigenvalue weighted by molar-refractivity contribution is -0.172. The first-order valence-electron chi connectivity index (χ1n) is 12.2. The van der Waals surface area contributed by atoms with Crippen LogP contribution in [0.3, 0.4) is 0 Å². The Hall–Kier alpha value is -4.76. The van der Waals surface area contributed by atoms with E-state index in [1.807, 2.05) is 36.4 Å². The number of esters is 4. The predicted molar refractivity (Wildman–Crippen MR) is 141 cm³/mol. The average Bonchev–Trinajstić information content (AvgIpc) is 2.93. The molecule has 3 atom stereocenters. The number of hydrogen-bond acceptors (Lipinski definition) is 9. The molecule has 3 unspecified atom stereocenters. The molecule has 0 aliphatic carbocycles. The molecule has 9 nitrogen and oxygen atoms in total. The normalized spacial score (nSPS) is 13.2. The second-order valence-corrected chi connectivity index (χ2v) is 8.73. The zero-order valence-electron chi connectivity index (χ0n) is 21.2. The summed E-state index contributed by atoms with van der Waals surface area (Å²) in [6.45, 7) is 2.59. The van der Waals surface area contributed by atoms with E-state index in [9.17, 15) is 24.3 Å². The van der Waals surface area contributed by atoms with Crippen molar-refractivity contribution in [1.82, 2.24) is 0 Å². The van der Waals surface area contributed by atoms with Gasteiger partial charge in [0.25, 0.3) is 0 Å². The minimum absolute atomic E-state index is 0.287. The van der Waals surface area contributed by atoms with Crippen molar-refractivity contribution in [3.05, 3.63) is 84.9 Å². The number of benzene rings is 4. The molecule has 200 valence electrons. The topological polar surface area (TPSA) is 125 Å². The summed E-state index contributed by atoms with van der Waals surface area (Å²) >= 11 is 0. The Labute approximate surface area is 223 Å². The molecule has 1 N–H and O–H groups in total. The number of aliphatic hydroxyl groups excluding tert-OH is 1.